The Morgan fingerprint density at radius 1 is 1.00 bits per heavy atom. The first-order valence-corrected chi connectivity index (χ1v) is 8.40. The molecule has 0 aromatic carbocycles. The smallest absolute Gasteiger partial charge is 0.225 e. The lowest BCUT2D eigenvalue weighted by molar-refractivity contribution is -0.136. The second-order valence-corrected chi connectivity index (χ2v) is 7.16. The standard InChI is InChI=1S/C16H29N3O.2ClH/c1-12(2)16(20)18-7-5-14(6-8-18)19-11-13-3-4-15(19)10-17-9-13;;/h12-15,17H,3-11H2,1-2H3;2*1H/t13-,15+;;/m1../s1. The Morgan fingerprint density at radius 3 is 2.32 bits per heavy atom. The first-order valence-electron chi connectivity index (χ1n) is 8.40. The minimum Gasteiger partial charge on any atom is -0.342 e. The maximum atomic E-state index is 12.1. The van der Waals surface area contributed by atoms with E-state index in [2.05, 4.69) is 15.1 Å². The summed E-state index contributed by atoms with van der Waals surface area (Å²) >= 11 is 0. The molecule has 4 fully saturated rings. The average Bonchev–Trinajstić information content (AvgIpc) is 2.82. The van der Waals surface area contributed by atoms with E-state index >= 15 is 0 Å². The first kappa shape index (κ1) is 20.0. The van der Waals surface area contributed by atoms with Crippen molar-refractivity contribution in [2.75, 3.05) is 32.7 Å². The van der Waals surface area contributed by atoms with Crippen LogP contribution in [0.4, 0.5) is 0 Å². The summed E-state index contributed by atoms with van der Waals surface area (Å²) in [5.41, 5.74) is 0. The third-order valence-electron chi connectivity index (χ3n) is 5.40. The number of rotatable bonds is 2. The minimum atomic E-state index is 0. The summed E-state index contributed by atoms with van der Waals surface area (Å²) < 4.78 is 0. The zero-order valence-corrected chi connectivity index (χ0v) is 15.4. The van der Waals surface area contributed by atoms with E-state index in [4.69, 9.17) is 0 Å². The molecule has 0 aliphatic carbocycles. The molecule has 0 aromatic rings. The number of likely N-dealkylation sites (tertiary alicyclic amines) is 1. The summed E-state index contributed by atoms with van der Waals surface area (Å²) in [5.74, 6) is 1.33. The highest BCUT2D eigenvalue weighted by molar-refractivity contribution is 5.85. The predicted octanol–water partition coefficient (Wildman–Crippen LogP) is 2.16. The van der Waals surface area contributed by atoms with Crippen LogP contribution in [0, 0.1) is 11.8 Å². The van der Waals surface area contributed by atoms with Crippen LogP contribution < -0.4 is 5.32 Å². The van der Waals surface area contributed by atoms with Crippen LogP contribution in [0.15, 0.2) is 0 Å². The van der Waals surface area contributed by atoms with E-state index < -0.39 is 0 Å². The number of carbonyl (C=O) groups is 1. The highest BCUT2D eigenvalue weighted by Crippen LogP contribution is 2.29. The van der Waals surface area contributed by atoms with Gasteiger partial charge in [0.1, 0.15) is 0 Å². The van der Waals surface area contributed by atoms with Gasteiger partial charge in [0.15, 0.2) is 0 Å². The van der Waals surface area contributed by atoms with Crippen molar-refractivity contribution < 1.29 is 4.79 Å². The molecule has 6 heteroatoms. The Morgan fingerprint density at radius 2 is 1.68 bits per heavy atom. The maximum Gasteiger partial charge on any atom is 0.225 e. The Balaban J connectivity index is 0.00000121. The van der Waals surface area contributed by atoms with Crippen molar-refractivity contribution in [3.05, 3.63) is 0 Å². The van der Waals surface area contributed by atoms with Crippen LogP contribution in [-0.4, -0.2) is 60.5 Å². The topological polar surface area (TPSA) is 35.6 Å². The fraction of sp³-hybridized carbons (Fsp3) is 0.938. The minimum absolute atomic E-state index is 0. The molecule has 4 nitrogen and oxygen atoms in total. The lowest BCUT2D eigenvalue weighted by Gasteiger charge is -2.45. The molecule has 0 saturated carbocycles. The number of hydrogen-bond donors (Lipinski definition) is 1. The van der Waals surface area contributed by atoms with Crippen LogP contribution in [0.25, 0.3) is 0 Å². The van der Waals surface area contributed by atoms with E-state index in [1.807, 2.05) is 13.8 Å². The summed E-state index contributed by atoms with van der Waals surface area (Å²) in [5, 5.41) is 3.61. The van der Waals surface area contributed by atoms with Gasteiger partial charge in [-0.05, 0) is 38.1 Å². The number of carbonyl (C=O) groups excluding carboxylic acids is 1. The third kappa shape index (κ3) is 4.28. The van der Waals surface area contributed by atoms with Crippen LogP contribution in [0.1, 0.15) is 39.5 Å². The summed E-state index contributed by atoms with van der Waals surface area (Å²) in [6.45, 7) is 9.59. The van der Waals surface area contributed by atoms with Gasteiger partial charge in [0, 0.05) is 44.2 Å². The maximum absolute atomic E-state index is 12.1. The van der Waals surface area contributed by atoms with Gasteiger partial charge in [0.25, 0.3) is 0 Å². The van der Waals surface area contributed by atoms with Crippen molar-refractivity contribution in [3.63, 3.8) is 0 Å². The quantitative estimate of drug-likeness (QED) is 0.827. The molecule has 2 bridgehead atoms. The van der Waals surface area contributed by atoms with Crippen LogP contribution >= 0.6 is 24.8 Å². The number of nitrogens with one attached hydrogen (secondary N) is 1. The molecule has 2 atom stereocenters. The molecule has 22 heavy (non-hydrogen) atoms. The predicted molar refractivity (Wildman–Crippen MR) is 95.0 cm³/mol. The van der Waals surface area contributed by atoms with Crippen molar-refractivity contribution >= 4 is 30.7 Å². The van der Waals surface area contributed by atoms with Gasteiger partial charge in [-0.25, -0.2) is 0 Å². The number of piperidine rings is 2. The zero-order chi connectivity index (χ0) is 14.1. The zero-order valence-electron chi connectivity index (χ0n) is 13.8. The molecule has 1 amide bonds. The fourth-order valence-electron chi connectivity index (χ4n) is 4.20. The Hall–Kier alpha value is -0.0300. The van der Waals surface area contributed by atoms with Gasteiger partial charge in [-0.3, -0.25) is 9.69 Å². The molecule has 1 N–H and O–H groups in total. The van der Waals surface area contributed by atoms with Crippen LogP contribution in [0.3, 0.4) is 0 Å². The normalized spacial score (nSPS) is 29.7. The number of hydrogen-bond acceptors (Lipinski definition) is 3. The Kier molecular flexibility index (Phi) is 7.93. The number of amides is 1. The van der Waals surface area contributed by atoms with E-state index in [0.29, 0.717) is 11.9 Å². The lowest BCUT2D eigenvalue weighted by Crippen LogP contribution is -2.54. The van der Waals surface area contributed by atoms with Gasteiger partial charge in [-0.15, -0.1) is 24.8 Å². The second kappa shape index (κ2) is 8.72. The highest BCUT2D eigenvalue weighted by Gasteiger charge is 2.37. The fourth-order valence-corrected chi connectivity index (χ4v) is 4.20. The van der Waals surface area contributed by atoms with E-state index in [1.165, 1.54) is 45.3 Å². The van der Waals surface area contributed by atoms with Crippen LogP contribution in [0.5, 0.6) is 0 Å². The molecule has 4 aliphatic heterocycles. The van der Waals surface area contributed by atoms with Crippen molar-refractivity contribution in [3.8, 4) is 0 Å². The molecule has 0 aromatic heterocycles. The van der Waals surface area contributed by atoms with Gasteiger partial charge in [-0.2, -0.15) is 0 Å². The third-order valence-corrected chi connectivity index (χ3v) is 5.40. The number of fused-ring (bicyclic) bond motifs is 4. The summed E-state index contributed by atoms with van der Waals surface area (Å²) in [6.07, 6.45) is 5.10. The van der Waals surface area contributed by atoms with Gasteiger partial charge in [-0.1, -0.05) is 13.8 Å². The molecule has 130 valence electrons. The SMILES string of the molecule is CC(C)C(=O)N1CCC(N2C[C@@H]3CC[C@H]2CNC3)CC1.Cl.Cl. The largest absolute Gasteiger partial charge is 0.342 e. The van der Waals surface area contributed by atoms with Gasteiger partial charge in [0.05, 0.1) is 0 Å². The first-order chi connectivity index (χ1) is 9.65. The molecular formula is C16H31Cl2N3O. The van der Waals surface area contributed by atoms with E-state index in [9.17, 15) is 4.79 Å². The average molecular weight is 352 g/mol. The molecule has 4 aliphatic rings. The van der Waals surface area contributed by atoms with E-state index in [1.54, 1.807) is 0 Å². The summed E-state index contributed by atoms with van der Waals surface area (Å²) in [4.78, 5) is 16.9. The Bertz CT molecular complexity index is 355. The molecule has 0 radical (unpaired) electrons. The van der Waals surface area contributed by atoms with Gasteiger partial charge >= 0.3 is 0 Å². The molecular weight excluding hydrogens is 321 g/mol. The molecule has 0 unspecified atom stereocenters. The van der Waals surface area contributed by atoms with Crippen LogP contribution in [-0.2, 0) is 4.79 Å². The molecule has 4 saturated heterocycles. The van der Waals surface area contributed by atoms with Crippen molar-refractivity contribution in [2.24, 2.45) is 11.8 Å². The van der Waals surface area contributed by atoms with Crippen molar-refractivity contribution in [1.29, 1.82) is 0 Å². The van der Waals surface area contributed by atoms with Gasteiger partial charge in [0.2, 0.25) is 5.91 Å². The second-order valence-electron chi connectivity index (χ2n) is 7.16. The number of nitrogens with zero attached hydrogens (tertiary/aromatic N) is 2. The van der Waals surface area contributed by atoms with Crippen molar-refractivity contribution in [1.82, 2.24) is 15.1 Å². The van der Waals surface area contributed by atoms with Gasteiger partial charge < -0.3 is 10.2 Å². The summed E-state index contributed by atoms with van der Waals surface area (Å²) in [7, 11) is 0. The van der Waals surface area contributed by atoms with E-state index in [-0.39, 0.29) is 30.7 Å². The van der Waals surface area contributed by atoms with Crippen molar-refractivity contribution in [2.45, 2.75) is 51.6 Å². The Labute approximate surface area is 147 Å². The molecule has 0 spiro atoms. The monoisotopic (exact) mass is 351 g/mol. The lowest BCUT2D eigenvalue weighted by atomic mass is 9.91. The van der Waals surface area contributed by atoms with Crippen LogP contribution in [0.2, 0.25) is 0 Å². The summed E-state index contributed by atoms with van der Waals surface area (Å²) in [6, 6.07) is 1.45. The number of halogens is 2. The highest BCUT2D eigenvalue weighted by atomic mass is 35.5. The molecule has 4 rings (SSSR count). The molecule has 4 heterocycles. The van der Waals surface area contributed by atoms with E-state index in [0.717, 1.165) is 25.0 Å².